The number of nitrogens with one attached hydrogen (secondary N) is 1. The maximum absolute atomic E-state index is 12.6. The van der Waals surface area contributed by atoms with E-state index >= 15 is 0 Å². The molecule has 1 aromatic carbocycles. The standard InChI is InChI=1S/C20H27N3O2/c1-14-12-23(13-15(2)25-14)19(24)16(10-21)11-22-18-8-6-17(7-9-18)20(3,4)5/h6-9,11,14-15,22H,12-13H2,1-5H3/b16-11-. The smallest absolute Gasteiger partial charge is 0.266 e. The Kier molecular flexibility index (Phi) is 5.86. The van der Waals surface area contributed by atoms with Gasteiger partial charge in [0.2, 0.25) is 0 Å². The molecule has 1 aromatic rings. The highest BCUT2D eigenvalue weighted by Gasteiger charge is 2.27. The average Bonchev–Trinajstić information content (AvgIpc) is 2.54. The third kappa shape index (κ3) is 5.07. The summed E-state index contributed by atoms with van der Waals surface area (Å²) in [6.07, 6.45) is 1.44. The first-order chi connectivity index (χ1) is 11.7. The zero-order valence-corrected chi connectivity index (χ0v) is 15.7. The molecule has 0 bridgehead atoms. The summed E-state index contributed by atoms with van der Waals surface area (Å²) in [5.74, 6) is -0.261. The van der Waals surface area contributed by atoms with Crippen LogP contribution in [-0.4, -0.2) is 36.1 Å². The maximum atomic E-state index is 12.6. The SMILES string of the molecule is CC1CN(C(=O)/C(C#N)=C\Nc2ccc(C(C)(C)C)cc2)CC(C)O1. The molecule has 0 spiro atoms. The molecule has 0 radical (unpaired) electrons. The minimum absolute atomic E-state index is 0.0226. The fraction of sp³-hybridized carbons (Fsp3) is 0.500. The molecule has 2 rings (SSSR count). The Morgan fingerprint density at radius 1 is 1.24 bits per heavy atom. The van der Waals surface area contributed by atoms with Crippen molar-refractivity contribution in [3.05, 3.63) is 41.6 Å². The molecule has 2 unspecified atom stereocenters. The summed E-state index contributed by atoms with van der Waals surface area (Å²) in [7, 11) is 0. The Balaban J connectivity index is 2.07. The molecule has 1 N–H and O–H groups in total. The third-order valence-electron chi connectivity index (χ3n) is 4.19. The molecule has 5 heteroatoms. The normalized spacial score (nSPS) is 21.6. The van der Waals surface area contributed by atoms with Crippen LogP contribution in [0.25, 0.3) is 0 Å². The van der Waals surface area contributed by atoms with E-state index in [9.17, 15) is 10.1 Å². The first-order valence-electron chi connectivity index (χ1n) is 8.63. The second kappa shape index (κ2) is 7.71. The number of hydrogen-bond donors (Lipinski definition) is 1. The van der Waals surface area contributed by atoms with Gasteiger partial charge in [-0.1, -0.05) is 32.9 Å². The van der Waals surface area contributed by atoms with Gasteiger partial charge in [-0.2, -0.15) is 5.26 Å². The number of anilines is 1. The summed E-state index contributed by atoms with van der Waals surface area (Å²) < 4.78 is 5.64. The summed E-state index contributed by atoms with van der Waals surface area (Å²) in [6.45, 7) is 11.3. The van der Waals surface area contributed by atoms with Gasteiger partial charge in [0.25, 0.3) is 5.91 Å². The van der Waals surface area contributed by atoms with E-state index in [4.69, 9.17) is 4.74 Å². The molecule has 1 saturated heterocycles. The van der Waals surface area contributed by atoms with Crippen LogP contribution in [0.2, 0.25) is 0 Å². The monoisotopic (exact) mass is 341 g/mol. The van der Waals surface area contributed by atoms with E-state index in [-0.39, 0.29) is 29.1 Å². The number of nitrogens with zero attached hydrogens (tertiary/aromatic N) is 2. The Labute approximate surface area is 150 Å². The molecule has 0 aliphatic carbocycles. The Bertz CT molecular complexity index is 670. The number of ether oxygens (including phenoxy) is 1. The molecular formula is C20H27N3O2. The summed E-state index contributed by atoms with van der Waals surface area (Å²) in [5.41, 5.74) is 2.26. The van der Waals surface area contributed by atoms with Gasteiger partial charge in [0, 0.05) is 25.0 Å². The van der Waals surface area contributed by atoms with Crippen molar-refractivity contribution >= 4 is 11.6 Å². The molecule has 0 saturated carbocycles. The van der Waals surface area contributed by atoms with E-state index in [0.717, 1.165) is 5.69 Å². The summed E-state index contributed by atoms with van der Waals surface area (Å²) >= 11 is 0. The van der Waals surface area contributed by atoms with Gasteiger partial charge >= 0.3 is 0 Å². The van der Waals surface area contributed by atoms with Crippen molar-refractivity contribution in [1.29, 1.82) is 5.26 Å². The van der Waals surface area contributed by atoms with E-state index in [0.29, 0.717) is 13.1 Å². The Hall–Kier alpha value is -2.32. The highest BCUT2D eigenvalue weighted by Crippen LogP contribution is 2.23. The first kappa shape index (κ1) is 19.0. The van der Waals surface area contributed by atoms with Gasteiger partial charge in [0.1, 0.15) is 11.6 Å². The fourth-order valence-electron chi connectivity index (χ4n) is 2.88. The van der Waals surface area contributed by atoms with Crippen LogP contribution < -0.4 is 5.32 Å². The zero-order chi connectivity index (χ0) is 18.6. The minimum atomic E-state index is -0.261. The molecule has 5 nitrogen and oxygen atoms in total. The predicted octanol–water partition coefficient (Wildman–Crippen LogP) is 3.44. The lowest BCUT2D eigenvalue weighted by Gasteiger charge is -2.35. The van der Waals surface area contributed by atoms with E-state index in [1.54, 1.807) is 4.90 Å². The zero-order valence-electron chi connectivity index (χ0n) is 15.7. The van der Waals surface area contributed by atoms with Crippen LogP contribution in [0.15, 0.2) is 36.0 Å². The van der Waals surface area contributed by atoms with Gasteiger partial charge in [0.05, 0.1) is 12.2 Å². The van der Waals surface area contributed by atoms with Crippen LogP contribution in [-0.2, 0) is 14.9 Å². The largest absolute Gasteiger partial charge is 0.372 e. The second-order valence-corrected chi connectivity index (χ2v) is 7.61. The third-order valence-corrected chi connectivity index (χ3v) is 4.19. The number of amides is 1. The van der Waals surface area contributed by atoms with Crippen LogP contribution in [0.4, 0.5) is 5.69 Å². The van der Waals surface area contributed by atoms with Gasteiger partial charge in [-0.25, -0.2) is 0 Å². The highest BCUT2D eigenvalue weighted by molar-refractivity contribution is 5.97. The molecule has 134 valence electrons. The van der Waals surface area contributed by atoms with Crippen molar-refractivity contribution in [2.75, 3.05) is 18.4 Å². The van der Waals surface area contributed by atoms with Crippen LogP contribution in [0.1, 0.15) is 40.2 Å². The van der Waals surface area contributed by atoms with Crippen molar-refractivity contribution < 1.29 is 9.53 Å². The molecule has 2 atom stereocenters. The Morgan fingerprint density at radius 3 is 2.28 bits per heavy atom. The summed E-state index contributed by atoms with van der Waals surface area (Å²) in [5, 5.41) is 12.4. The number of carbonyl (C=O) groups is 1. The van der Waals surface area contributed by atoms with E-state index in [1.807, 2.05) is 32.0 Å². The molecule has 1 amide bonds. The highest BCUT2D eigenvalue weighted by atomic mass is 16.5. The van der Waals surface area contributed by atoms with Crippen molar-refractivity contribution in [2.45, 2.75) is 52.2 Å². The van der Waals surface area contributed by atoms with Crippen LogP contribution in [0.3, 0.4) is 0 Å². The lowest BCUT2D eigenvalue weighted by molar-refractivity contribution is -0.138. The van der Waals surface area contributed by atoms with Crippen molar-refractivity contribution in [3.63, 3.8) is 0 Å². The van der Waals surface area contributed by atoms with Crippen LogP contribution in [0, 0.1) is 11.3 Å². The van der Waals surface area contributed by atoms with Gasteiger partial charge in [-0.3, -0.25) is 4.79 Å². The van der Waals surface area contributed by atoms with E-state index < -0.39 is 0 Å². The van der Waals surface area contributed by atoms with Crippen molar-refractivity contribution in [3.8, 4) is 6.07 Å². The molecule has 0 aromatic heterocycles. The van der Waals surface area contributed by atoms with Crippen LogP contribution in [0.5, 0.6) is 0 Å². The lowest BCUT2D eigenvalue weighted by Crippen LogP contribution is -2.48. The Morgan fingerprint density at radius 2 is 1.80 bits per heavy atom. The molecular weight excluding hydrogens is 314 g/mol. The van der Waals surface area contributed by atoms with Crippen molar-refractivity contribution in [2.24, 2.45) is 0 Å². The van der Waals surface area contributed by atoms with Crippen molar-refractivity contribution in [1.82, 2.24) is 4.90 Å². The number of benzene rings is 1. The van der Waals surface area contributed by atoms with Crippen LogP contribution >= 0.6 is 0 Å². The number of carbonyl (C=O) groups excluding carboxylic acids is 1. The summed E-state index contributed by atoms with van der Waals surface area (Å²) in [4.78, 5) is 14.2. The van der Waals surface area contributed by atoms with Gasteiger partial charge < -0.3 is 15.0 Å². The molecule has 1 heterocycles. The summed E-state index contributed by atoms with van der Waals surface area (Å²) in [6, 6.07) is 10.0. The minimum Gasteiger partial charge on any atom is -0.372 e. The van der Waals surface area contributed by atoms with E-state index in [2.05, 4.69) is 38.2 Å². The van der Waals surface area contributed by atoms with Gasteiger partial charge in [0.15, 0.2) is 0 Å². The molecule has 1 aliphatic rings. The second-order valence-electron chi connectivity index (χ2n) is 7.61. The number of nitriles is 1. The molecule has 1 fully saturated rings. The lowest BCUT2D eigenvalue weighted by atomic mass is 9.87. The molecule has 25 heavy (non-hydrogen) atoms. The number of hydrogen-bond acceptors (Lipinski definition) is 4. The first-order valence-corrected chi connectivity index (χ1v) is 8.63. The van der Waals surface area contributed by atoms with Gasteiger partial charge in [-0.05, 0) is 37.0 Å². The van der Waals surface area contributed by atoms with Gasteiger partial charge in [-0.15, -0.1) is 0 Å². The quantitative estimate of drug-likeness (QED) is 0.675. The molecule has 1 aliphatic heterocycles. The number of morpholine rings is 1. The fourth-order valence-corrected chi connectivity index (χ4v) is 2.88. The topological polar surface area (TPSA) is 65.4 Å². The number of rotatable bonds is 3. The predicted molar refractivity (Wildman–Crippen MR) is 99.0 cm³/mol. The maximum Gasteiger partial charge on any atom is 0.266 e. The van der Waals surface area contributed by atoms with E-state index in [1.165, 1.54) is 11.8 Å². The average molecular weight is 341 g/mol.